The molecule has 0 bridgehead atoms. The second-order valence-corrected chi connectivity index (χ2v) is 9.82. The van der Waals surface area contributed by atoms with Gasteiger partial charge in [-0.05, 0) is 81.1 Å². The van der Waals surface area contributed by atoms with E-state index in [1.165, 1.54) is 11.1 Å². The van der Waals surface area contributed by atoms with Gasteiger partial charge in [-0.2, -0.15) is 0 Å². The van der Waals surface area contributed by atoms with Crippen LogP contribution < -0.4 is 11.5 Å². The molecule has 32 heavy (non-hydrogen) atoms. The minimum Gasteiger partial charge on any atom is -0.404 e. The molecule has 1 saturated heterocycles. The van der Waals surface area contributed by atoms with Crippen molar-refractivity contribution < 1.29 is 0 Å². The van der Waals surface area contributed by atoms with Gasteiger partial charge in [-0.3, -0.25) is 4.90 Å². The van der Waals surface area contributed by atoms with Crippen molar-refractivity contribution in [3.63, 3.8) is 0 Å². The maximum absolute atomic E-state index is 6.77. The predicted octanol–water partition coefficient (Wildman–Crippen LogP) is 5.46. The molecule has 4 N–H and O–H groups in total. The van der Waals surface area contributed by atoms with Crippen molar-refractivity contribution in [2.24, 2.45) is 28.2 Å². The fraction of sp³-hybridized carbons (Fsp3) is 0.379. The van der Waals surface area contributed by atoms with Crippen LogP contribution in [0.15, 0.2) is 108 Å². The van der Waals surface area contributed by atoms with E-state index in [0.717, 1.165) is 36.2 Å². The molecule has 0 saturated carbocycles. The highest BCUT2D eigenvalue weighted by atomic mass is 15.3. The van der Waals surface area contributed by atoms with Crippen molar-refractivity contribution in [1.29, 1.82) is 0 Å². The van der Waals surface area contributed by atoms with Gasteiger partial charge in [-0.25, -0.2) is 0 Å². The Labute approximate surface area is 193 Å². The first-order chi connectivity index (χ1) is 15.2. The monoisotopic (exact) mass is 427 g/mol. The summed E-state index contributed by atoms with van der Waals surface area (Å²) in [6.07, 6.45) is 23.5. The van der Waals surface area contributed by atoms with Gasteiger partial charge in [0.1, 0.15) is 0 Å². The van der Waals surface area contributed by atoms with Crippen molar-refractivity contribution in [2.45, 2.75) is 39.2 Å². The Morgan fingerprint density at radius 1 is 1.31 bits per heavy atom. The lowest BCUT2D eigenvalue weighted by atomic mass is 9.63. The lowest BCUT2D eigenvalue weighted by Gasteiger charge is -2.55. The molecule has 0 aromatic carbocycles. The largest absolute Gasteiger partial charge is 0.404 e. The van der Waals surface area contributed by atoms with Crippen molar-refractivity contribution in [3.8, 4) is 0 Å². The Bertz CT molecular complexity index is 1080. The molecule has 4 aliphatic rings. The Morgan fingerprint density at radius 3 is 2.66 bits per heavy atom. The summed E-state index contributed by atoms with van der Waals surface area (Å²) >= 11 is 0. The highest BCUT2D eigenvalue weighted by Crippen LogP contribution is 2.62. The van der Waals surface area contributed by atoms with Crippen molar-refractivity contribution in [3.05, 3.63) is 108 Å². The average molecular weight is 428 g/mol. The van der Waals surface area contributed by atoms with Gasteiger partial charge in [0.05, 0.1) is 11.0 Å². The van der Waals surface area contributed by atoms with Crippen LogP contribution in [-0.2, 0) is 0 Å². The number of fused-ring (bicyclic) bond motifs is 2. The van der Waals surface area contributed by atoms with Gasteiger partial charge >= 0.3 is 0 Å². The maximum atomic E-state index is 6.77. The molecule has 4 atom stereocenters. The van der Waals surface area contributed by atoms with Crippen LogP contribution in [0.3, 0.4) is 0 Å². The van der Waals surface area contributed by atoms with Gasteiger partial charge < -0.3 is 11.5 Å². The highest BCUT2D eigenvalue weighted by molar-refractivity contribution is 5.60. The van der Waals surface area contributed by atoms with Crippen LogP contribution in [0.2, 0.25) is 0 Å². The fourth-order valence-corrected chi connectivity index (χ4v) is 6.63. The first-order valence-corrected chi connectivity index (χ1v) is 11.6. The van der Waals surface area contributed by atoms with Gasteiger partial charge in [0, 0.05) is 17.7 Å². The Hall–Kier alpha value is -2.78. The van der Waals surface area contributed by atoms with Crippen LogP contribution in [-0.4, -0.2) is 24.0 Å². The number of nitrogens with zero attached hydrogens (tertiary/aromatic N) is 1. The topological polar surface area (TPSA) is 55.3 Å². The summed E-state index contributed by atoms with van der Waals surface area (Å²) in [5.41, 5.74) is 19.0. The molecule has 3 heteroatoms. The molecule has 1 heterocycles. The number of rotatable bonds is 6. The van der Waals surface area contributed by atoms with Crippen molar-refractivity contribution in [1.82, 2.24) is 4.90 Å². The molecule has 168 valence electrons. The first kappa shape index (κ1) is 22.4. The summed E-state index contributed by atoms with van der Waals surface area (Å²) < 4.78 is 0. The van der Waals surface area contributed by atoms with E-state index in [4.69, 9.17) is 11.5 Å². The summed E-state index contributed by atoms with van der Waals surface area (Å²) in [4.78, 5) is 2.48. The molecular formula is C29H37N3. The molecule has 3 nitrogen and oxygen atoms in total. The molecule has 0 aromatic heterocycles. The number of likely N-dealkylation sites (tertiary alicyclic amines) is 1. The molecule has 1 fully saturated rings. The smallest absolute Gasteiger partial charge is 0.0719 e. The van der Waals surface area contributed by atoms with Crippen LogP contribution in [0.25, 0.3) is 0 Å². The molecule has 0 spiro atoms. The van der Waals surface area contributed by atoms with Crippen LogP contribution in [0.4, 0.5) is 0 Å². The zero-order valence-corrected chi connectivity index (χ0v) is 20.0. The number of allylic oxidation sites excluding steroid dienone is 10. The quantitative estimate of drug-likeness (QED) is 0.437. The van der Waals surface area contributed by atoms with E-state index < -0.39 is 5.41 Å². The molecule has 0 radical (unpaired) electrons. The van der Waals surface area contributed by atoms with E-state index in [2.05, 4.69) is 94.5 Å². The third-order valence-corrected chi connectivity index (χ3v) is 8.59. The zero-order chi connectivity index (χ0) is 23.3. The highest BCUT2D eigenvalue weighted by Gasteiger charge is 2.57. The number of hydrogen-bond acceptors (Lipinski definition) is 3. The third kappa shape index (κ3) is 2.64. The van der Waals surface area contributed by atoms with E-state index in [1.54, 1.807) is 11.8 Å². The third-order valence-electron chi connectivity index (χ3n) is 8.59. The Balaban J connectivity index is 1.60. The van der Waals surface area contributed by atoms with E-state index in [0.29, 0.717) is 5.92 Å². The van der Waals surface area contributed by atoms with E-state index in [9.17, 15) is 0 Å². The normalized spacial score (nSPS) is 38.2. The van der Waals surface area contributed by atoms with E-state index >= 15 is 0 Å². The molecule has 0 amide bonds. The summed E-state index contributed by atoms with van der Waals surface area (Å²) in [6, 6.07) is 0. The maximum Gasteiger partial charge on any atom is 0.0719 e. The standard InChI is InChI=1S/C29H37N3/c1-7-22(8-2)29-23(11-12-25(29)19-32(29)6)10-9-20(3)17-26(31)28-15-13-21(4)27(28,5)24(18-30)14-16-28/h7-9,12-18,23H,1,4,10-11,19,30-31H2,2-3,5-6H3/b20-9-,22-8-,24-18-,26-17-. The Morgan fingerprint density at radius 2 is 2.03 bits per heavy atom. The molecule has 1 aliphatic heterocycles. The van der Waals surface area contributed by atoms with Gasteiger partial charge in [0.2, 0.25) is 0 Å². The minimum absolute atomic E-state index is 0.0146. The zero-order valence-electron chi connectivity index (χ0n) is 20.0. The van der Waals surface area contributed by atoms with Crippen LogP contribution in [0, 0.1) is 16.7 Å². The minimum atomic E-state index is -0.400. The summed E-state index contributed by atoms with van der Waals surface area (Å²) in [5, 5.41) is 0. The van der Waals surface area contributed by atoms with Gasteiger partial charge in [0.25, 0.3) is 0 Å². The van der Waals surface area contributed by atoms with Crippen molar-refractivity contribution >= 4 is 0 Å². The Kier molecular flexibility index (Phi) is 5.37. The lowest BCUT2D eigenvalue weighted by Crippen LogP contribution is -2.62. The molecule has 4 rings (SSSR count). The molecule has 3 aliphatic carbocycles. The van der Waals surface area contributed by atoms with Gasteiger partial charge in [-0.15, -0.1) is 0 Å². The predicted molar refractivity (Wildman–Crippen MR) is 136 cm³/mol. The summed E-state index contributed by atoms with van der Waals surface area (Å²) in [5.74, 6) is 0.512. The number of likely N-dealkylation sites (N-methyl/N-ethyl adjacent to an activating group) is 1. The SMILES string of the molecule is C=C/C(=C/C)C12C(=CCC1C/C=C(C)\C=C(/N)C13C=CC(=C)C1(C)/C(=C\N)C=C3)CN2C. The van der Waals surface area contributed by atoms with Gasteiger partial charge in [-0.1, -0.05) is 67.3 Å². The van der Waals surface area contributed by atoms with Crippen LogP contribution in [0.5, 0.6) is 0 Å². The number of nitrogens with two attached hydrogens (primary N) is 2. The van der Waals surface area contributed by atoms with Crippen molar-refractivity contribution in [2.75, 3.05) is 13.6 Å². The molecule has 0 aromatic rings. The van der Waals surface area contributed by atoms with Gasteiger partial charge in [0.15, 0.2) is 0 Å². The van der Waals surface area contributed by atoms with Crippen LogP contribution in [0.1, 0.15) is 33.6 Å². The van der Waals surface area contributed by atoms with Crippen LogP contribution >= 0.6 is 0 Å². The van der Waals surface area contributed by atoms with E-state index in [1.807, 2.05) is 6.08 Å². The molecule has 4 unspecified atom stereocenters. The number of hydrogen-bond donors (Lipinski definition) is 2. The summed E-state index contributed by atoms with van der Waals surface area (Å²) in [6.45, 7) is 15.9. The fourth-order valence-electron chi connectivity index (χ4n) is 6.63. The van der Waals surface area contributed by atoms with E-state index in [-0.39, 0.29) is 11.0 Å². The second kappa shape index (κ2) is 7.67. The average Bonchev–Trinajstić information content (AvgIpc) is 3.33. The molecular weight excluding hydrogens is 390 g/mol. The second-order valence-electron chi connectivity index (χ2n) is 9.82. The first-order valence-electron chi connectivity index (χ1n) is 11.6. The lowest BCUT2D eigenvalue weighted by molar-refractivity contribution is 0.0811. The summed E-state index contributed by atoms with van der Waals surface area (Å²) in [7, 11) is 2.23.